The van der Waals surface area contributed by atoms with Crippen LogP contribution in [0.1, 0.15) is 5.56 Å². The molecular weight excluding hydrogens is 248 g/mol. The Hall–Kier alpha value is -2.34. The predicted octanol–water partition coefficient (Wildman–Crippen LogP) is 0.498. The molecule has 0 aliphatic heterocycles. The van der Waals surface area contributed by atoms with Crippen molar-refractivity contribution in [1.82, 2.24) is 5.32 Å². The second kappa shape index (κ2) is 7.17. The van der Waals surface area contributed by atoms with Gasteiger partial charge >= 0.3 is 5.97 Å². The third-order valence-corrected chi connectivity index (χ3v) is 2.36. The number of anilines is 1. The monoisotopic (exact) mass is 264 g/mol. The predicted molar refractivity (Wildman–Crippen MR) is 71.3 cm³/mol. The van der Waals surface area contributed by atoms with Gasteiger partial charge in [0, 0.05) is 18.9 Å². The van der Waals surface area contributed by atoms with Crippen molar-refractivity contribution < 1.29 is 19.4 Å². The lowest BCUT2D eigenvalue weighted by Gasteiger charge is -2.10. The molecule has 6 nitrogen and oxygen atoms in total. The van der Waals surface area contributed by atoms with E-state index in [1.165, 1.54) is 13.2 Å². The molecule has 1 atom stereocenters. The van der Waals surface area contributed by atoms with E-state index in [2.05, 4.69) is 10.1 Å². The van der Waals surface area contributed by atoms with E-state index in [4.69, 9.17) is 10.8 Å². The molecule has 0 aliphatic rings. The molecule has 1 rings (SSSR count). The van der Waals surface area contributed by atoms with Gasteiger partial charge in [-0.1, -0.05) is 12.1 Å². The van der Waals surface area contributed by atoms with Gasteiger partial charge in [-0.25, -0.2) is 4.79 Å². The highest BCUT2D eigenvalue weighted by Crippen LogP contribution is 2.07. The van der Waals surface area contributed by atoms with Crippen molar-refractivity contribution in [2.24, 2.45) is 0 Å². The number of ether oxygens (including phenoxy) is 1. The van der Waals surface area contributed by atoms with Crippen LogP contribution in [0.4, 0.5) is 5.69 Å². The largest absolute Gasteiger partial charge is 0.479 e. The highest BCUT2D eigenvalue weighted by Gasteiger charge is 2.16. The zero-order valence-electron chi connectivity index (χ0n) is 10.5. The number of rotatable bonds is 6. The molecule has 19 heavy (non-hydrogen) atoms. The summed E-state index contributed by atoms with van der Waals surface area (Å²) in [5, 5.41) is 11.2. The van der Waals surface area contributed by atoms with Gasteiger partial charge in [0.15, 0.2) is 6.10 Å². The molecule has 0 saturated carbocycles. The van der Waals surface area contributed by atoms with Crippen LogP contribution in [0.15, 0.2) is 30.3 Å². The number of hydrogen-bond donors (Lipinski definition) is 3. The SMILES string of the molecule is COC(CNC(=O)/C=C/c1cccc(N)c1)C(=O)O. The minimum atomic E-state index is -1.12. The minimum absolute atomic E-state index is 0.0913. The molecule has 0 bridgehead atoms. The summed E-state index contributed by atoms with van der Waals surface area (Å²) in [4.78, 5) is 22.1. The summed E-state index contributed by atoms with van der Waals surface area (Å²) in [5.74, 6) is -1.52. The van der Waals surface area contributed by atoms with Crippen molar-refractivity contribution in [3.63, 3.8) is 0 Å². The average Bonchev–Trinajstić information content (AvgIpc) is 2.37. The molecule has 102 valence electrons. The van der Waals surface area contributed by atoms with Crippen molar-refractivity contribution in [2.75, 3.05) is 19.4 Å². The number of amides is 1. The Kier molecular flexibility index (Phi) is 5.56. The smallest absolute Gasteiger partial charge is 0.334 e. The van der Waals surface area contributed by atoms with E-state index in [0.29, 0.717) is 5.69 Å². The molecular formula is C13H16N2O4. The van der Waals surface area contributed by atoms with Gasteiger partial charge in [0.25, 0.3) is 0 Å². The van der Waals surface area contributed by atoms with Gasteiger partial charge in [-0.2, -0.15) is 0 Å². The van der Waals surface area contributed by atoms with Gasteiger partial charge in [-0.05, 0) is 23.8 Å². The molecule has 1 aromatic carbocycles. The zero-order chi connectivity index (χ0) is 14.3. The van der Waals surface area contributed by atoms with E-state index in [9.17, 15) is 9.59 Å². The molecule has 0 spiro atoms. The molecule has 0 aromatic heterocycles. The van der Waals surface area contributed by atoms with Crippen molar-refractivity contribution in [3.8, 4) is 0 Å². The number of carboxylic acid groups (broad SMARTS) is 1. The molecule has 0 radical (unpaired) electrons. The normalized spacial score (nSPS) is 12.3. The number of nitrogen functional groups attached to an aromatic ring is 1. The molecule has 0 saturated heterocycles. The van der Waals surface area contributed by atoms with Gasteiger partial charge in [0.05, 0.1) is 6.54 Å². The molecule has 0 fully saturated rings. The number of carboxylic acids is 1. The van der Waals surface area contributed by atoms with Crippen molar-refractivity contribution in [1.29, 1.82) is 0 Å². The minimum Gasteiger partial charge on any atom is -0.479 e. The second-order valence-corrected chi connectivity index (χ2v) is 3.81. The quantitative estimate of drug-likeness (QED) is 0.513. The number of methoxy groups -OCH3 is 1. The first-order valence-electron chi connectivity index (χ1n) is 5.60. The standard InChI is InChI=1S/C13H16N2O4/c1-19-11(13(17)18)8-15-12(16)6-5-9-3-2-4-10(14)7-9/h2-7,11H,8,14H2,1H3,(H,15,16)(H,17,18)/b6-5+. The van der Waals surface area contributed by atoms with Crippen LogP contribution in [0.2, 0.25) is 0 Å². The summed E-state index contributed by atoms with van der Waals surface area (Å²) in [5.41, 5.74) is 6.99. The van der Waals surface area contributed by atoms with E-state index < -0.39 is 18.0 Å². The first-order chi connectivity index (χ1) is 9.02. The third-order valence-electron chi connectivity index (χ3n) is 2.36. The zero-order valence-corrected chi connectivity index (χ0v) is 10.5. The summed E-state index contributed by atoms with van der Waals surface area (Å²) in [7, 11) is 1.27. The van der Waals surface area contributed by atoms with Crippen LogP contribution in [-0.4, -0.2) is 36.7 Å². The topological polar surface area (TPSA) is 102 Å². The van der Waals surface area contributed by atoms with Crippen LogP contribution in [0.25, 0.3) is 6.08 Å². The Balaban J connectivity index is 2.49. The lowest BCUT2D eigenvalue weighted by molar-refractivity contribution is -0.148. The number of carbonyl (C=O) groups excluding carboxylic acids is 1. The Morgan fingerprint density at radius 2 is 2.26 bits per heavy atom. The lowest BCUT2D eigenvalue weighted by Crippen LogP contribution is -2.37. The highest BCUT2D eigenvalue weighted by atomic mass is 16.5. The van der Waals surface area contributed by atoms with Crippen molar-refractivity contribution in [2.45, 2.75) is 6.10 Å². The van der Waals surface area contributed by atoms with E-state index in [0.717, 1.165) is 5.56 Å². The second-order valence-electron chi connectivity index (χ2n) is 3.81. The van der Waals surface area contributed by atoms with E-state index in [1.807, 2.05) is 0 Å². The summed E-state index contributed by atoms with van der Waals surface area (Å²) in [6.45, 7) is -0.0913. The van der Waals surface area contributed by atoms with Gasteiger partial charge in [-0.15, -0.1) is 0 Å². The van der Waals surface area contributed by atoms with E-state index in [-0.39, 0.29) is 6.54 Å². The molecule has 6 heteroatoms. The summed E-state index contributed by atoms with van der Waals surface area (Å²) in [6, 6.07) is 7.04. The molecule has 4 N–H and O–H groups in total. The number of nitrogens with two attached hydrogens (primary N) is 1. The van der Waals surface area contributed by atoms with Crippen LogP contribution in [0, 0.1) is 0 Å². The molecule has 0 aliphatic carbocycles. The average molecular weight is 264 g/mol. The van der Waals surface area contributed by atoms with Gasteiger partial charge in [-0.3, -0.25) is 4.79 Å². The fraction of sp³-hybridized carbons (Fsp3) is 0.231. The number of carbonyl (C=O) groups is 2. The fourth-order valence-electron chi connectivity index (χ4n) is 1.36. The van der Waals surface area contributed by atoms with E-state index >= 15 is 0 Å². The van der Waals surface area contributed by atoms with Gasteiger partial charge in [0.1, 0.15) is 0 Å². The Bertz CT molecular complexity index is 485. The van der Waals surface area contributed by atoms with Crippen LogP contribution in [-0.2, 0) is 14.3 Å². The number of hydrogen-bond acceptors (Lipinski definition) is 4. The van der Waals surface area contributed by atoms with Crippen LogP contribution < -0.4 is 11.1 Å². The molecule has 1 amide bonds. The van der Waals surface area contributed by atoms with Crippen LogP contribution >= 0.6 is 0 Å². The highest BCUT2D eigenvalue weighted by molar-refractivity contribution is 5.92. The third kappa shape index (κ3) is 5.22. The summed E-state index contributed by atoms with van der Waals surface area (Å²) in [6.07, 6.45) is 1.85. The Morgan fingerprint density at radius 3 is 2.84 bits per heavy atom. The van der Waals surface area contributed by atoms with Gasteiger partial charge < -0.3 is 20.9 Å². The molecule has 0 heterocycles. The number of benzene rings is 1. The number of aliphatic carboxylic acids is 1. The first kappa shape index (κ1) is 14.7. The van der Waals surface area contributed by atoms with Crippen LogP contribution in [0.3, 0.4) is 0 Å². The fourth-order valence-corrected chi connectivity index (χ4v) is 1.36. The van der Waals surface area contributed by atoms with Crippen molar-refractivity contribution >= 4 is 23.6 Å². The molecule has 1 aromatic rings. The number of nitrogens with one attached hydrogen (secondary N) is 1. The summed E-state index contributed by atoms with van der Waals surface area (Å²) < 4.78 is 4.69. The van der Waals surface area contributed by atoms with Gasteiger partial charge in [0.2, 0.25) is 5.91 Å². The maximum absolute atomic E-state index is 11.5. The first-order valence-corrected chi connectivity index (χ1v) is 5.60. The summed E-state index contributed by atoms with van der Waals surface area (Å²) >= 11 is 0. The Morgan fingerprint density at radius 1 is 1.53 bits per heavy atom. The maximum Gasteiger partial charge on any atom is 0.334 e. The van der Waals surface area contributed by atoms with Crippen molar-refractivity contribution in [3.05, 3.63) is 35.9 Å². The Labute approximate surface area is 110 Å². The maximum atomic E-state index is 11.5. The molecule has 1 unspecified atom stereocenters. The lowest BCUT2D eigenvalue weighted by atomic mass is 10.2. The van der Waals surface area contributed by atoms with E-state index in [1.54, 1.807) is 30.3 Å². The van der Waals surface area contributed by atoms with Crippen LogP contribution in [0.5, 0.6) is 0 Å².